The number of nitrogens with one attached hydrogen (secondary N) is 1. The average Bonchev–Trinajstić information content (AvgIpc) is 3.17. The smallest absolute Gasteiger partial charge is 0.391 e. The lowest BCUT2D eigenvalue weighted by Gasteiger charge is -2.26. The number of allylic oxidation sites excluding steroid dienone is 12. The predicted octanol–water partition coefficient (Wildman–Crippen LogP) is 13.2. The Bertz CT molecular complexity index is 1170. The van der Waals surface area contributed by atoms with E-state index in [9.17, 15) is 19.4 Å². The van der Waals surface area contributed by atoms with Gasteiger partial charge < -0.3 is 19.8 Å². The van der Waals surface area contributed by atoms with Crippen molar-refractivity contribution >= 4 is 13.7 Å². The van der Waals surface area contributed by atoms with Gasteiger partial charge in [0.2, 0.25) is 5.91 Å². The van der Waals surface area contributed by atoms with Crippen molar-refractivity contribution in [2.24, 2.45) is 0 Å². The molecular weight excluding hydrogens is 744 g/mol. The summed E-state index contributed by atoms with van der Waals surface area (Å²) in [4.78, 5) is 23.1. The second-order valence-electron chi connectivity index (χ2n) is 16.8. The van der Waals surface area contributed by atoms with Crippen LogP contribution in [-0.2, 0) is 18.4 Å². The molecule has 336 valence electrons. The van der Waals surface area contributed by atoms with E-state index in [0.717, 1.165) is 83.5 Å². The summed E-state index contributed by atoms with van der Waals surface area (Å²) in [5.41, 5.74) is 0. The molecular formula is C49H90N2O6P+. The number of aliphatic hydroxyl groups excluding tert-OH is 1. The predicted molar refractivity (Wildman–Crippen MR) is 249 cm³/mol. The fourth-order valence-electron chi connectivity index (χ4n) is 6.28. The maximum absolute atomic E-state index is 12.9. The Labute approximate surface area is 357 Å². The third-order valence-corrected chi connectivity index (χ3v) is 11.0. The number of hydrogen-bond acceptors (Lipinski definition) is 5. The Balaban J connectivity index is 4.19. The Morgan fingerprint density at radius 1 is 0.603 bits per heavy atom. The second-order valence-corrected chi connectivity index (χ2v) is 18.2. The van der Waals surface area contributed by atoms with Crippen molar-refractivity contribution in [3.8, 4) is 0 Å². The van der Waals surface area contributed by atoms with E-state index in [1.54, 1.807) is 0 Å². The first-order valence-electron chi connectivity index (χ1n) is 23.3. The zero-order chi connectivity index (χ0) is 42.8. The number of nitrogens with zero attached hydrogens (tertiary/aromatic N) is 1. The Morgan fingerprint density at radius 2 is 1.03 bits per heavy atom. The van der Waals surface area contributed by atoms with E-state index in [4.69, 9.17) is 9.05 Å². The van der Waals surface area contributed by atoms with Crippen molar-refractivity contribution in [2.45, 2.75) is 193 Å². The molecule has 0 spiro atoms. The molecule has 0 aromatic heterocycles. The number of carbonyl (C=O) groups is 1. The molecule has 58 heavy (non-hydrogen) atoms. The highest BCUT2D eigenvalue weighted by Crippen LogP contribution is 2.43. The molecule has 0 saturated carbocycles. The van der Waals surface area contributed by atoms with Gasteiger partial charge in [0.1, 0.15) is 13.2 Å². The average molecular weight is 834 g/mol. The van der Waals surface area contributed by atoms with Gasteiger partial charge in [0.25, 0.3) is 0 Å². The van der Waals surface area contributed by atoms with E-state index >= 15 is 0 Å². The van der Waals surface area contributed by atoms with Crippen LogP contribution in [0, 0.1) is 0 Å². The van der Waals surface area contributed by atoms with Gasteiger partial charge in [-0.2, -0.15) is 0 Å². The molecule has 0 bridgehead atoms. The van der Waals surface area contributed by atoms with Crippen LogP contribution in [0.1, 0.15) is 181 Å². The molecule has 0 aliphatic heterocycles. The number of likely N-dealkylation sites (N-methyl/N-ethyl adjacent to an activating group) is 1. The lowest BCUT2D eigenvalue weighted by molar-refractivity contribution is -0.870. The van der Waals surface area contributed by atoms with Crippen LogP contribution in [-0.4, -0.2) is 73.4 Å². The molecule has 9 heteroatoms. The minimum atomic E-state index is -4.31. The summed E-state index contributed by atoms with van der Waals surface area (Å²) in [5.74, 6) is -0.159. The number of rotatable bonds is 41. The number of carbonyl (C=O) groups excluding carboxylic acids is 1. The summed E-state index contributed by atoms with van der Waals surface area (Å²) in [6, 6.07) is -0.767. The van der Waals surface area contributed by atoms with Gasteiger partial charge in [0.05, 0.1) is 39.9 Å². The van der Waals surface area contributed by atoms with Gasteiger partial charge in [-0.05, 0) is 64.2 Å². The zero-order valence-electron chi connectivity index (χ0n) is 38.0. The normalized spacial score (nSPS) is 14.9. The van der Waals surface area contributed by atoms with E-state index in [2.05, 4.69) is 92.1 Å². The molecule has 0 rings (SSSR count). The van der Waals surface area contributed by atoms with Crippen LogP contribution in [0.4, 0.5) is 0 Å². The van der Waals surface area contributed by atoms with Crippen LogP contribution in [0.2, 0.25) is 0 Å². The minimum absolute atomic E-state index is 0.0691. The highest BCUT2D eigenvalue weighted by atomic mass is 31.2. The maximum Gasteiger partial charge on any atom is 0.472 e. The highest BCUT2D eigenvalue weighted by molar-refractivity contribution is 7.47. The fraction of sp³-hybridized carbons (Fsp3) is 0.735. The molecule has 3 unspecified atom stereocenters. The molecule has 0 fully saturated rings. The standard InChI is InChI=1S/C49H89N2O6P/c1-6-8-10-12-14-16-17-18-19-20-21-22-23-24-25-26-27-28-29-30-31-32-33-35-37-39-41-43-49(53)50-47(46-57-58(54,55)56-45-44-51(3,4)5)48(52)42-40-38-36-34-15-13-11-9-7-2/h8,10,14,16,18-19,21-22,24-25,27-28,47-48,52H,6-7,9,11-13,15,17,20,23,26,29-46H2,1-5H3,(H-,50,53,54,55)/p+1/b10-8-,16-14-,19-18-,22-21-,25-24-,28-27-. The van der Waals surface area contributed by atoms with Crippen molar-refractivity contribution in [1.29, 1.82) is 0 Å². The number of unbranched alkanes of at least 4 members (excludes halogenated alkanes) is 16. The van der Waals surface area contributed by atoms with Crippen molar-refractivity contribution in [1.82, 2.24) is 5.32 Å². The van der Waals surface area contributed by atoms with E-state index in [0.29, 0.717) is 23.9 Å². The van der Waals surface area contributed by atoms with Gasteiger partial charge in [0.15, 0.2) is 0 Å². The van der Waals surface area contributed by atoms with Crippen molar-refractivity contribution in [3.63, 3.8) is 0 Å². The Morgan fingerprint density at radius 3 is 1.52 bits per heavy atom. The highest BCUT2D eigenvalue weighted by Gasteiger charge is 2.28. The summed E-state index contributed by atoms with van der Waals surface area (Å²) in [6.45, 7) is 4.72. The molecule has 3 atom stereocenters. The van der Waals surface area contributed by atoms with E-state index < -0.39 is 20.0 Å². The number of amides is 1. The molecule has 3 N–H and O–H groups in total. The lowest BCUT2D eigenvalue weighted by atomic mass is 10.0. The molecule has 0 saturated heterocycles. The minimum Gasteiger partial charge on any atom is -0.391 e. The number of phosphoric ester groups is 1. The Hall–Kier alpha value is -2.06. The maximum atomic E-state index is 12.9. The Kier molecular flexibility index (Phi) is 38.9. The summed E-state index contributed by atoms with van der Waals surface area (Å²) < 4.78 is 23.6. The first-order chi connectivity index (χ1) is 28.0. The van der Waals surface area contributed by atoms with Crippen molar-refractivity contribution < 1.29 is 32.9 Å². The molecule has 0 heterocycles. The summed E-state index contributed by atoms with van der Waals surface area (Å²) >= 11 is 0. The van der Waals surface area contributed by atoms with Crippen LogP contribution in [0.15, 0.2) is 72.9 Å². The molecule has 0 aliphatic carbocycles. The molecule has 1 amide bonds. The molecule has 0 radical (unpaired) electrons. The number of quaternary nitrogens is 1. The van der Waals surface area contributed by atoms with Crippen molar-refractivity contribution in [2.75, 3.05) is 40.9 Å². The van der Waals surface area contributed by atoms with Gasteiger partial charge in [-0.25, -0.2) is 4.57 Å². The third-order valence-electron chi connectivity index (χ3n) is 9.97. The SMILES string of the molecule is CC/C=C\C/C=C\C/C=C\C/C=C\C/C=C\C/C=C\CCCCCCCCCCC(=O)NC(COP(=O)(O)OCC[N+](C)(C)C)C(O)CCCCCCCCCCC. The van der Waals surface area contributed by atoms with Crippen LogP contribution in [0.5, 0.6) is 0 Å². The van der Waals surface area contributed by atoms with Crippen LogP contribution < -0.4 is 5.32 Å². The van der Waals surface area contributed by atoms with E-state index in [-0.39, 0.29) is 19.1 Å². The summed E-state index contributed by atoms with van der Waals surface area (Å²) in [6.07, 6.45) is 53.7. The fourth-order valence-corrected chi connectivity index (χ4v) is 7.02. The number of aliphatic hydroxyl groups is 1. The van der Waals surface area contributed by atoms with Gasteiger partial charge in [0, 0.05) is 6.42 Å². The molecule has 0 aromatic carbocycles. The van der Waals surface area contributed by atoms with E-state index in [1.165, 1.54) is 70.6 Å². The number of phosphoric acid groups is 1. The quantitative estimate of drug-likeness (QED) is 0.0245. The van der Waals surface area contributed by atoms with Gasteiger partial charge in [-0.15, -0.1) is 0 Å². The van der Waals surface area contributed by atoms with Gasteiger partial charge in [-0.3, -0.25) is 13.8 Å². The van der Waals surface area contributed by atoms with E-state index in [1.807, 2.05) is 21.1 Å². The monoisotopic (exact) mass is 834 g/mol. The third kappa shape index (κ3) is 42.1. The largest absolute Gasteiger partial charge is 0.472 e. The second kappa shape index (κ2) is 40.4. The molecule has 0 aliphatic rings. The molecule has 0 aromatic rings. The van der Waals surface area contributed by atoms with Crippen molar-refractivity contribution in [3.05, 3.63) is 72.9 Å². The summed E-state index contributed by atoms with van der Waals surface area (Å²) in [5, 5.41) is 13.9. The topological polar surface area (TPSA) is 105 Å². The van der Waals surface area contributed by atoms with Crippen LogP contribution in [0.25, 0.3) is 0 Å². The first kappa shape index (κ1) is 55.9. The van der Waals surface area contributed by atoms with Gasteiger partial charge in [-0.1, -0.05) is 183 Å². The van der Waals surface area contributed by atoms with Crippen LogP contribution >= 0.6 is 7.82 Å². The first-order valence-corrected chi connectivity index (χ1v) is 24.8. The summed E-state index contributed by atoms with van der Waals surface area (Å²) in [7, 11) is 1.60. The van der Waals surface area contributed by atoms with Gasteiger partial charge >= 0.3 is 7.82 Å². The zero-order valence-corrected chi connectivity index (χ0v) is 38.9. The van der Waals surface area contributed by atoms with Crippen LogP contribution in [0.3, 0.4) is 0 Å². The lowest BCUT2D eigenvalue weighted by Crippen LogP contribution is -2.46. The number of hydrogen-bond donors (Lipinski definition) is 3. The molecule has 8 nitrogen and oxygen atoms in total.